The minimum Gasteiger partial charge on any atom is -0.465 e. The van der Waals surface area contributed by atoms with E-state index in [0.717, 1.165) is 5.69 Å². The maximum Gasteiger partial charge on any atom is 0.339 e. The average Bonchev–Trinajstić information content (AvgIpc) is 2.61. The number of nitrogens with zero attached hydrogens (tertiary/aromatic N) is 2. The molecule has 0 bridgehead atoms. The molecule has 0 aliphatic carbocycles. The lowest BCUT2D eigenvalue weighted by Gasteiger charge is -2.36. The SMILES string of the molecule is COCCNC(=O)N1CCN(c2ccccc2C(=O)OC)CC1. The minimum atomic E-state index is -0.347. The number of hydrogen-bond acceptors (Lipinski definition) is 5. The second-order valence-electron chi connectivity index (χ2n) is 5.21. The summed E-state index contributed by atoms with van der Waals surface area (Å²) in [4.78, 5) is 27.7. The predicted octanol–water partition coefficient (Wildman–Crippen LogP) is 0.951. The average molecular weight is 321 g/mol. The van der Waals surface area contributed by atoms with Crippen LogP contribution in [-0.2, 0) is 9.47 Å². The predicted molar refractivity (Wildman–Crippen MR) is 86.8 cm³/mol. The Morgan fingerprint density at radius 3 is 2.48 bits per heavy atom. The molecule has 1 aliphatic rings. The molecule has 0 radical (unpaired) electrons. The Morgan fingerprint density at radius 1 is 1.13 bits per heavy atom. The van der Waals surface area contributed by atoms with Gasteiger partial charge in [0, 0.05) is 39.8 Å². The fourth-order valence-electron chi connectivity index (χ4n) is 2.55. The van der Waals surface area contributed by atoms with Crippen LogP contribution < -0.4 is 10.2 Å². The van der Waals surface area contributed by atoms with Crippen molar-refractivity contribution in [2.75, 3.05) is 58.5 Å². The first kappa shape index (κ1) is 17.1. The highest BCUT2D eigenvalue weighted by Crippen LogP contribution is 2.22. The maximum absolute atomic E-state index is 12.0. The Labute approximate surface area is 136 Å². The zero-order valence-electron chi connectivity index (χ0n) is 13.6. The summed E-state index contributed by atoms with van der Waals surface area (Å²) in [5.74, 6) is -0.347. The second-order valence-corrected chi connectivity index (χ2v) is 5.21. The summed E-state index contributed by atoms with van der Waals surface area (Å²) in [7, 11) is 2.98. The molecule has 0 saturated carbocycles. The number of esters is 1. The first-order chi connectivity index (χ1) is 11.2. The van der Waals surface area contributed by atoms with Crippen molar-refractivity contribution >= 4 is 17.7 Å². The number of nitrogens with one attached hydrogen (secondary N) is 1. The maximum atomic E-state index is 12.0. The van der Waals surface area contributed by atoms with Crippen molar-refractivity contribution in [3.05, 3.63) is 29.8 Å². The summed E-state index contributed by atoms with van der Waals surface area (Å²) in [6.45, 7) is 3.55. The highest BCUT2D eigenvalue weighted by atomic mass is 16.5. The molecule has 1 aliphatic heterocycles. The molecule has 7 heteroatoms. The summed E-state index contributed by atoms with van der Waals surface area (Å²) in [6, 6.07) is 7.29. The largest absolute Gasteiger partial charge is 0.465 e. The zero-order chi connectivity index (χ0) is 16.7. The summed E-state index contributed by atoms with van der Waals surface area (Å²) >= 11 is 0. The van der Waals surface area contributed by atoms with E-state index < -0.39 is 0 Å². The lowest BCUT2D eigenvalue weighted by atomic mass is 10.1. The minimum absolute atomic E-state index is 0.0806. The van der Waals surface area contributed by atoms with Crippen molar-refractivity contribution in [2.24, 2.45) is 0 Å². The van der Waals surface area contributed by atoms with Crippen LogP contribution in [0.5, 0.6) is 0 Å². The molecule has 1 saturated heterocycles. The number of methoxy groups -OCH3 is 2. The highest BCUT2D eigenvalue weighted by molar-refractivity contribution is 5.95. The van der Waals surface area contributed by atoms with Gasteiger partial charge in [0.1, 0.15) is 0 Å². The van der Waals surface area contributed by atoms with Crippen molar-refractivity contribution in [3.63, 3.8) is 0 Å². The summed E-state index contributed by atoms with van der Waals surface area (Å²) < 4.78 is 9.75. The molecule has 1 fully saturated rings. The Kier molecular flexibility index (Phi) is 6.22. The van der Waals surface area contributed by atoms with E-state index in [1.807, 2.05) is 18.2 Å². The molecule has 0 atom stereocenters. The van der Waals surface area contributed by atoms with Crippen LogP contribution in [0, 0.1) is 0 Å². The van der Waals surface area contributed by atoms with Gasteiger partial charge in [0.25, 0.3) is 0 Å². The number of anilines is 1. The first-order valence-corrected chi connectivity index (χ1v) is 7.61. The van der Waals surface area contributed by atoms with Gasteiger partial charge in [0.05, 0.1) is 25.0 Å². The van der Waals surface area contributed by atoms with Gasteiger partial charge in [0.15, 0.2) is 0 Å². The summed E-state index contributed by atoms with van der Waals surface area (Å²) in [5.41, 5.74) is 1.40. The van der Waals surface area contributed by atoms with Crippen LogP contribution >= 0.6 is 0 Å². The third-order valence-corrected chi connectivity index (χ3v) is 3.80. The Balaban J connectivity index is 1.94. The van der Waals surface area contributed by atoms with Gasteiger partial charge in [-0.25, -0.2) is 9.59 Å². The van der Waals surface area contributed by atoms with Crippen molar-refractivity contribution in [3.8, 4) is 0 Å². The van der Waals surface area contributed by atoms with Gasteiger partial charge in [-0.15, -0.1) is 0 Å². The lowest BCUT2D eigenvalue weighted by molar-refractivity contribution is 0.0601. The van der Waals surface area contributed by atoms with Gasteiger partial charge in [-0.05, 0) is 12.1 Å². The monoisotopic (exact) mass is 321 g/mol. The topological polar surface area (TPSA) is 71.1 Å². The molecule has 0 aromatic heterocycles. The molecule has 126 valence electrons. The number of hydrogen-bond donors (Lipinski definition) is 1. The molecule has 0 spiro atoms. The summed E-state index contributed by atoms with van der Waals surface area (Å²) in [6.07, 6.45) is 0. The standard InChI is InChI=1S/C16H23N3O4/c1-22-12-7-17-16(21)19-10-8-18(9-11-19)14-6-4-3-5-13(14)15(20)23-2/h3-6H,7-12H2,1-2H3,(H,17,21). The molecule has 7 nitrogen and oxygen atoms in total. The van der Waals surface area contributed by atoms with E-state index in [9.17, 15) is 9.59 Å². The number of amides is 2. The summed E-state index contributed by atoms with van der Waals surface area (Å²) in [5, 5.41) is 2.82. The van der Waals surface area contributed by atoms with E-state index in [2.05, 4.69) is 10.2 Å². The third kappa shape index (κ3) is 4.35. The molecule has 1 N–H and O–H groups in total. The first-order valence-electron chi connectivity index (χ1n) is 7.61. The number of carbonyl (C=O) groups excluding carboxylic acids is 2. The fourth-order valence-corrected chi connectivity index (χ4v) is 2.55. The van der Waals surface area contributed by atoms with E-state index >= 15 is 0 Å². The number of rotatable bonds is 5. The molecule has 0 unspecified atom stereocenters. The van der Waals surface area contributed by atoms with Crippen LogP contribution in [0.15, 0.2) is 24.3 Å². The van der Waals surface area contributed by atoms with Crippen LogP contribution in [0.4, 0.5) is 10.5 Å². The molecular formula is C16H23N3O4. The van der Waals surface area contributed by atoms with E-state index in [1.165, 1.54) is 7.11 Å². The highest BCUT2D eigenvalue weighted by Gasteiger charge is 2.23. The normalized spacial score (nSPS) is 14.5. The van der Waals surface area contributed by atoms with Gasteiger partial charge < -0.3 is 24.6 Å². The number of piperazine rings is 1. The van der Waals surface area contributed by atoms with E-state index in [0.29, 0.717) is 44.9 Å². The van der Waals surface area contributed by atoms with Crippen LogP contribution in [0.25, 0.3) is 0 Å². The van der Waals surface area contributed by atoms with E-state index in [4.69, 9.17) is 9.47 Å². The molecule has 2 amide bonds. The molecule has 1 aromatic rings. The number of benzene rings is 1. The van der Waals surface area contributed by atoms with Crippen LogP contribution in [0.1, 0.15) is 10.4 Å². The molecular weight excluding hydrogens is 298 g/mol. The van der Waals surface area contributed by atoms with Gasteiger partial charge in [0.2, 0.25) is 0 Å². The Bertz CT molecular complexity index is 542. The van der Waals surface area contributed by atoms with Crippen LogP contribution in [0.2, 0.25) is 0 Å². The second kappa shape index (κ2) is 8.38. The van der Waals surface area contributed by atoms with Gasteiger partial charge in [-0.1, -0.05) is 12.1 Å². The number of para-hydroxylation sites is 1. The van der Waals surface area contributed by atoms with Crippen LogP contribution in [-0.4, -0.2) is 70.5 Å². The van der Waals surface area contributed by atoms with E-state index in [-0.39, 0.29) is 12.0 Å². The fraction of sp³-hybridized carbons (Fsp3) is 0.500. The Morgan fingerprint density at radius 2 is 1.83 bits per heavy atom. The van der Waals surface area contributed by atoms with Gasteiger partial charge in [-0.3, -0.25) is 0 Å². The van der Waals surface area contributed by atoms with Crippen molar-refractivity contribution in [2.45, 2.75) is 0 Å². The van der Waals surface area contributed by atoms with Crippen molar-refractivity contribution < 1.29 is 19.1 Å². The number of carbonyl (C=O) groups is 2. The Hall–Kier alpha value is -2.28. The van der Waals surface area contributed by atoms with Gasteiger partial charge in [-0.2, -0.15) is 0 Å². The van der Waals surface area contributed by atoms with Gasteiger partial charge >= 0.3 is 12.0 Å². The molecule has 1 heterocycles. The lowest BCUT2D eigenvalue weighted by Crippen LogP contribution is -2.52. The third-order valence-electron chi connectivity index (χ3n) is 3.80. The quantitative estimate of drug-likeness (QED) is 0.646. The number of ether oxygens (including phenoxy) is 2. The molecule has 1 aromatic carbocycles. The van der Waals surface area contributed by atoms with Crippen molar-refractivity contribution in [1.82, 2.24) is 10.2 Å². The molecule has 2 rings (SSSR count). The molecule has 23 heavy (non-hydrogen) atoms. The van der Waals surface area contributed by atoms with Crippen molar-refractivity contribution in [1.29, 1.82) is 0 Å². The zero-order valence-corrected chi connectivity index (χ0v) is 13.6. The number of urea groups is 1. The van der Waals surface area contributed by atoms with E-state index in [1.54, 1.807) is 18.1 Å². The van der Waals surface area contributed by atoms with Crippen LogP contribution in [0.3, 0.4) is 0 Å². The smallest absolute Gasteiger partial charge is 0.339 e.